The monoisotopic (exact) mass is 440 g/mol. The molecule has 30 heavy (non-hydrogen) atoms. The van der Waals surface area contributed by atoms with E-state index in [9.17, 15) is 10.1 Å². The Morgan fingerprint density at radius 3 is 2.70 bits per heavy atom. The average molecular weight is 441 g/mol. The Balaban J connectivity index is 2.17. The molecule has 1 aromatic heterocycles. The maximum atomic E-state index is 11.2. The lowest BCUT2D eigenvalue weighted by molar-refractivity contribution is -0.384. The number of aryl methyl sites for hydroxylation is 2. The first kappa shape index (κ1) is 21.7. The quantitative estimate of drug-likeness (QED) is 0.212. The van der Waals surface area contributed by atoms with Gasteiger partial charge < -0.3 is 0 Å². The number of nitro groups is 1. The van der Waals surface area contributed by atoms with Crippen LogP contribution in [0.5, 0.6) is 0 Å². The number of thiazole rings is 1. The lowest BCUT2D eigenvalue weighted by Crippen LogP contribution is -2.14. The molecule has 8 heteroatoms. The van der Waals surface area contributed by atoms with Gasteiger partial charge in [0.2, 0.25) is 4.80 Å². The van der Waals surface area contributed by atoms with Gasteiger partial charge in [-0.05, 0) is 44.0 Å². The number of hydrogen-bond acceptors (Lipinski definition) is 5. The molecule has 0 saturated heterocycles. The Labute approximate surface area is 183 Å². The van der Waals surface area contributed by atoms with Crippen LogP contribution in [0.2, 0.25) is 5.02 Å². The molecule has 0 spiro atoms. The molecule has 154 valence electrons. The average Bonchev–Trinajstić information content (AvgIpc) is 3.10. The van der Waals surface area contributed by atoms with Gasteiger partial charge in [0.15, 0.2) is 0 Å². The van der Waals surface area contributed by atoms with Gasteiger partial charge >= 0.3 is 0 Å². The first-order valence-corrected chi connectivity index (χ1v) is 10.5. The van der Waals surface area contributed by atoms with Crippen LogP contribution in [0.1, 0.15) is 23.6 Å². The maximum Gasteiger partial charge on any atom is 0.288 e. The molecular weight excluding hydrogens is 420 g/mol. The number of benzene rings is 2. The Hall–Kier alpha value is -3.03. The van der Waals surface area contributed by atoms with Gasteiger partial charge in [-0.15, -0.1) is 17.9 Å². The van der Waals surface area contributed by atoms with Crippen LogP contribution >= 0.6 is 22.9 Å². The van der Waals surface area contributed by atoms with E-state index in [1.54, 1.807) is 23.7 Å². The van der Waals surface area contributed by atoms with E-state index in [0.717, 1.165) is 11.3 Å². The zero-order chi connectivity index (χ0) is 21.8. The van der Waals surface area contributed by atoms with Crippen LogP contribution in [0.15, 0.2) is 64.5 Å². The molecule has 0 aliphatic rings. The third-order valence-electron chi connectivity index (χ3n) is 4.65. The fourth-order valence-electron chi connectivity index (χ4n) is 2.83. The molecule has 0 N–H and O–H groups in total. The van der Waals surface area contributed by atoms with Crippen LogP contribution in [0.3, 0.4) is 0 Å². The van der Waals surface area contributed by atoms with Crippen LogP contribution in [0, 0.1) is 24.0 Å². The fourth-order valence-corrected chi connectivity index (χ4v) is 3.86. The SMILES string of the molecule is C=CCN=c1scc(-c2ccc(C)c(C)c2)n1N=C(C)c1ccc(Cl)c([N+](=O)[O-])c1. The molecule has 1 heterocycles. The van der Waals surface area contributed by atoms with Crippen molar-refractivity contribution in [3.63, 3.8) is 0 Å². The second-order valence-electron chi connectivity index (χ2n) is 6.75. The van der Waals surface area contributed by atoms with Crippen molar-refractivity contribution >= 4 is 34.3 Å². The second-order valence-corrected chi connectivity index (χ2v) is 8.00. The molecule has 2 aromatic carbocycles. The third-order valence-corrected chi connectivity index (χ3v) is 5.83. The van der Waals surface area contributed by atoms with Crippen molar-refractivity contribution in [3.8, 4) is 11.3 Å². The van der Waals surface area contributed by atoms with E-state index in [0.29, 0.717) is 22.6 Å². The van der Waals surface area contributed by atoms with Crippen molar-refractivity contribution in [2.75, 3.05) is 6.54 Å². The molecule has 6 nitrogen and oxygen atoms in total. The number of nitro benzene ring substituents is 1. The Morgan fingerprint density at radius 2 is 2.03 bits per heavy atom. The highest BCUT2D eigenvalue weighted by molar-refractivity contribution is 7.07. The summed E-state index contributed by atoms with van der Waals surface area (Å²) in [5.74, 6) is 0. The molecule has 3 aromatic rings. The number of halogens is 1. The van der Waals surface area contributed by atoms with Crippen molar-refractivity contribution in [2.24, 2.45) is 10.1 Å². The van der Waals surface area contributed by atoms with Crippen molar-refractivity contribution < 1.29 is 4.92 Å². The lowest BCUT2D eigenvalue weighted by atomic mass is 10.1. The molecule has 0 atom stereocenters. The summed E-state index contributed by atoms with van der Waals surface area (Å²) in [6.07, 6.45) is 1.72. The first-order chi connectivity index (χ1) is 14.3. The van der Waals surface area contributed by atoms with Gasteiger partial charge in [-0.1, -0.05) is 35.9 Å². The largest absolute Gasteiger partial charge is 0.288 e. The zero-order valence-electron chi connectivity index (χ0n) is 16.9. The summed E-state index contributed by atoms with van der Waals surface area (Å²) in [5.41, 5.74) is 5.39. The standard InChI is InChI=1S/C22H21ClN4O2S/c1-5-10-24-22-26(21(13-30-22)18-7-6-14(2)15(3)11-18)25-16(4)17-8-9-19(23)20(12-17)27(28)29/h5-9,11-13H,1,10H2,2-4H3. The summed E-state index contributed by atoms with van der Waals surface area (Å²) in [7, 11) is 0. The van der Waals surface area contributed by atoms with E-state index >= 15 is 0 Å². The van der Waals surface area contributed by atoms with Crippen LogP contribution < -0.4 is 4.80 Å². The second kappa shape index (κ2) is 9.19. The Morgan fingerprint density at radius 1 is 1.27 bits per heavy atom. The van der Waals surface area contributed by atoms with E-state index in [-0.39, 0.29) is 10.7 Å². The summed E-state index contributed by atoms with van der Waals surface area (Å²) in [5, 5.41) is 18.1. The summed E-state index contributed by atoms with van der Waals surface area (Å²) in [4.78, 5) is 16.0. The van der Waals surface area contributed by atoms with E-state index in [1.807, 2.05) is 5.38 Å². The van der Waals surface area contributed by atoms with Gasteiger partial charge in [0.25, 0.3) is 5.69 Å². The minimum atomic E-state index is -0.498. The topological polar surface area (TPSA) is 72.8 Å². The third kappa shape index (κ3) is 4.58. The van der Waals surface area contributed by atoms with Crippen LogP contribution in [-0.2, 0) is 0 Å². The minimum absolute atomic E-state index is 0.0947. The zero-order valence-corrected chi connectivity index (χ0v) is 18.5. The highest BCUT2D eigenvalue weighted by Crippen LogP contribution is 2.26. The summed E-state index contributed by atoms with van der Waals surface area (Å²) in [6, 6.07) is 10.9. The van der Waals surface area contributed by atoms with Crippen LogP contribution in [0.25, 0.3) is 11.3 Å². The predicted molar refractivity (Wildman–Crippen MR) is 124 cm³/mol. The molecule has 0 fully saturated rings. The lowest BCUT2D eigenvalue weighted by Gasteiger charge is -2.08. The van der Waals surface area contributed by atoms with Gasteiger partial charge in [0.1, 0.15) is 5.02 Å². The van der Waals surface area contributed by atoms with Crippen molar-refractivity contribution in [1.82, 2.24) is 4.68 Å². The molecule has 0 aliphatic carbocycles. The van der Waals surface area contributed by atoms with E-state index in [1.165, 1.54) is 34.6 Å². The summed E-state index contributed by atoms with van der Waals surface area (Å²) >= 11 is 7.43. The predicted octanol–water partition coefficient (Wildman–Crippen LogP) is 5.75. The molecular formula is C22H21ClN4O2S. The van der Waals surface area contributed by atoms with Gasteiger partial charge in [-0.25, -0.2) is 4.68 Å². The highest BCUT2D eigenvalue weighted by atomic mass is 35.5. The van der Waals surface area contributed by atoms with Gasteiger partial charge in [-0.3, -0.25) is 15.1 Å². The van der Waals surface area contributed by atoms with Crippen molar-refractivity contribution in [3.05, 3.63) is 91.1 Å². The number of rotatable bonds is 6. The van der Waals surface area contributed by atoms with E-state index < -0.39 is 4.92 Å². The number of aromatic nitrogens is 1. The van der Waals surface area contributed by atoms with Crippen LogP contribution in [-0.4, -0.2) is 21.9 Å². The Bertz CT molecular complexity index is 1220. The van der Waals surface area contributed by atoms with Crippen molar-refractivity contribution in [2.45, 2.75) is 20.8 Å². The number of hydrogen-bond donors (Lipinski definition) is 0. The van der Waals surface area contributed by atoms with Crippen LogP contribution in [0.4, 0.5) is 5.69 Å². The maximum absolute atomic E-state index is 11.2. The fraction of sp³-hybridized carbons (Fsp3) is 0.182. The smallest absolute Gasteiger partial charge is 0.258 e. The normalized spacial score (nSPS) is 12.3. The van der Waals surface area contributed by atoms with E-state index in [2.05, 4.69) is 43.6 Å². The molecule has 0 bridgehead atoms. The van der Waals surface area contributed by atoms with Gasteiger partial charge in [-0.2, -0.15) is 5.10 Å². The number of nitrogens with zero attached hydrogens (tertiary/aromatic N) is 4. The summed E-state index contributed by atoms with van der Waals surface area (Å²) < 4.78 is 1.77. The molecule has 0 radical (unpaired) electrons. The van der Waals surface area contributed by atoms with E-state index in [4.69, 9.17) is 16.7 Å². The first-order valence-electron chi connectivity index (χ1n) is 9.21. The Kier molecular flexibility index (Phi) is 6.64. The molecule has 3 rings (SSSR count). The molecule has 0 aliphatic heterocycles. The highest BCUT2D eigenvalue weighted by Gasteiger charge is 2.15. The summed E-state index contributed by atoms with van der Waals surface area (Å²) in [6.45, 7) is 10.1. The van der Waals surface area contributed by atoms with Crippen molar-refractivity contribution in [1.29, 1.82) is 0 Å². The molecule has 0 saturated carbocycles. The van der Waals surface area contributed by atoms with Gasteiger partial charge in [0, 0.05) is 22.6 Å². The molecule has 0 unspecified atom stereocenters. The van der Waals surface area contributed by atoms with Gasteiger partial charge in [0.05, 0.1) is 22.9 Å². The molecule has 0 amide bonds. The minimum Gasteiger partial charge on any atom is -0.258 e.